The minimum absolute atomic E-state index is 0.266. The van der Waals surface area contributed by atoms with Gasteiger partial charge in [-0.25, -0.2) is 4.39 Å². The molecule has 0 radical (unpaired) electrons. The monoisotopic (exact) mass is 279 g/mol. The summed E-state index contributed by atoms with van der Waals surface area (Å²) in [6.45, 7) is 4.10. The van der Waals surface area contributed by atoms with Gasteiger partial charge in [0.2, 0.25) is 0 Å². The molecule has 2 N–H and O–H groups in total. The van der Waals surface area contributed by atoms with Gasteiger partial charge in [0.1, 0.15) is 18.2 Å². The molecule has 0 spiro atoms. The number of anilines is 1. The van der Waals surface area contributed by atoms with Gasteiger partial charge in [-0.05, 0) is 60.9 Å². The summed E-state index contributed by atoms with van der Waals surface area (Å²) in [6, 6.07) is 8.10. The Balaban J connectivity index is 2.14. The molecule has 2 aromatic carbocycles. The molecular weight excluding hydrogens is 265 g/mol. The van der Waals surface area contributed by atoms with E-state index >= 15 is 0 Å². The summed E-state index contributed by atoms with van der Waals surface area (Å²) in [4.78, 5) is 0. The third kappa shape index (κ3) is 3.38. The highest BCUT2D eigenvalue weighted by atomic mass is 35.5. The predicted octanol–water partition coefficient (Wildman–Crippen LogP) is 4.26. The maximum Gasteiger partial charge on any atom is 0.125 e. The van der Waals surface area contributed by atoms with E-state index in [0.29, 0.717) is 17.0 Å². The Morgan fingerprint density at radius 3 is 2.32 bits per heavy atom. The Morgan fingerprint density at radius 2 is 1.74 bits per heavy atom. The number of ether oxygens (including phenoxy) is 1. The van der Waals surface area contributed by atoms with Crippen molar-refractivity contribution < 1.29 is 9.13 Å². The second-order valence-electron chi connectivity index (χ2n) is 4.55. The number of nitrogen functional groups attached to an aromatic ring is 1. The molecule has 0 heterocycles. The van der Waals surface area contributed by atoms with E-state index in [0.717, 1.165) is 16.1 Å². The lowest BCUT2D eigenvalue weighted by atomic mass is 10.1. The van der Waals surface area contributed by atoms with Crippen molar-refractivity contribution in [3.63, 3.8) is 0 Å². The lowest BCUT2D eigenvalue weighted by molar-refractivity contribution is 0.305. The van der Waals surface area contributed by atoms with Crippen molar-refractivity contribution in [1.29, 1.82) is 0 Å². The molecule has 19 heavy (non-hydrogen) atoms. The summed E-state index contributed by atoms with van der Waals surface area (Å²) in [5.41, 5.74) is 8.58. The third-order valence-electron chi connectivity index (χ3n) is 2.80. The lowest BCUT2D eigenvalue weighted by Crippen LogP contribution is -1.99. The minimum Gasteiger partial charge on any atom is -0.489 e. The van der Waals surface area contributed by atoms with Gasteiger partial charge in [0.25, 0.3) is 0 Å². The highest BCUT2D eigenvalue weighted by Gasteiger charge is 2.05. The van der Waals surface area contributed by atoms with E-state index < -0.39 is 0 Å². The predicted molar refractivity (Wildman–Crippen MR) is 76.1 cm³/mol. The van der Waals surface area contributed by atoms with Crippen LogP contribution in [0.1, 0.15) is 16.7 Å². The number of hydrogen-bond acceptors (Lipinski definition) is 2. The summed E-state index contributed by atoms with van der Waals surface area (Å²) in [7, 11) is 0. The summed E-state index contributed by atoms with van der Waals surface area (Å²) in [6.07, 6.45) is 0. The van der Waals surface area contributed by atoms with E-state index in [1.54, 1.807) is 6.07 Å². The normalized spacial score (nSPS) is 10.5. The highest BCUT2D eigenvalue weighted by molar-refractivity contribution is 6.32. The summed E-state index contributed by atoms with van der Waals surface area (Å²) in [5, 5.41) is 0.738. The van der Waals surface area contributed by atoms with Crippen LogP contribution in [-0.4, -0.2) is 0 Å². The van der Waals surface area contributed by atoms with Gasteiger partial charge in [0, 0.05) is 10.7 Å². The molecule has 2 nitrogen and oxygen atoms in total. The van der Waals surface area contributed by atoms with Crippen molar-refractivity contribution in [3.05, 3.63) is 57.9 Å². The van der Waals surface area contributed by atoms with Crippen LogP contribution in [0.4, 0.5) is 10.1 Å². The number of halogens is 2. The van der Waals surface area contributed by atoms with E-state index in [1.165, 1.54) is 12.1 Å². The zero-order chi connectivity index (χ0) is 14.0. The van der Waals surface area contributed by atoms with Crippen molar-refractivity contribution in [3.8, 4) is 5.75 Å². The standard InChI is InChI=1S/C15H15ClFNO/c1-9-3-14(4-10(2)15(9)16)19-8-11-5-12(17)7-13(18)6-11/h3-7H,8,18H2,1-2H3. The van der Waals surface area contributed by atoms with Gasteiger partial charge >= 0.3 is 0 Å². The molecule has 0 aromatic heterocycles. The van der Waals surface area contributed by atoms with Crippen molar-refractivity contribution in [2.75, 3.05) is 5.73 Å². The van der Waals surface area contributed by atoms with Crippen molar-refractivity contribution in [2.24, 2.45) is 0 Å². The van der Waals surface area contributed by atoms with Crippen LogP contribution in [0.5, 0.6) is 5.75 Å². The molecule has 0 bridgehead atoms. The van der Waals surface area contributed by atoms with E-state index in [2.05, 4.69) is 0 Å². The van der Waals surface area contributed by atoms with Gasteiger partial charge in [-0.2, -0.15) is 0 Å². The topological polar surface area (TPSA) is 35.2 Å². The summed E-state index contributed by atoms with van der Waals surface area (Å²) >= 11 is 6.09. The molecule has 0 saturated carbocycles. The quantitative estimate of drug-likeness (QED) is 0.852. The Kier molecular flexibility index (Phi) is 3.96. The van der Waals surface area contributed by atoms with Crippen LogP contribution >= 0.6 is 11.6 Å². The summed E-state index contributed by atoms with van der Waals surface area (Å²) in [5.74, 6) is 0.351. The highest BCUT2D eigenvalue weighted by Crippen LogP contribution is 2.26. The SMILES string of the molecule is Cc1cc(OCc2cc(N)cc(F)c2)cc(C)c1Cl. The van der Waals surface area contributed by atoms with E-state index in [-0.39, 0.29) is 12.4 Å². The first-order valence-electron chi connectivity index (χ1n) is 5.90. The fraction of sp³-hybridized carbons (Fsp3) is 0.200. The molecule has 0 aliphatic rings. The van der Waals surface area contributed by atoms with Gasteiger partial charge in [-0.3, -0.25) is 0 Å². The first kappa shape index (κ1) is 13.7. The Labute approximate surface area is 117 Å². The Morgan fingerprint density at radius 1 is 1.11 bits per heavy atom. The van der Waals surface area contributed by atoms with Gasteiger partial charge in [0.05, 0.1) is 0 Å². The third-order valence-corrected chi connectivity index (χ3v) is 3.39. The van der Waals surface area contributed by atoms with Crippen LogP contribution in [0.2, 0.25) is 5.02 Å². The molecule has 0 aliphatic heterocycles. The fourth-order valence-corrected chi connectivity index (χ4v) is 2.02. The molecule has 2 aromatic rings. The molecule has 0 aliphatic carbocycles. The average molecular weight is 280 g/mol. The number of benzene rings is 2. The smallest absolute Gasteiger partial charge is 0.125 e. The second kappa shape index (κ2) is 5.49. The molecule has 0 unspecified atom stereocenters. The fourth-order valence-electron chi connectivity index (χ4n) is 1.91. The molecule has 0 saturated heterocycles. The molecule has 4 heteroatoms. The second-order valence-corrected chi connectivity index (χ2v) is 4.93. The van der Waals surface area contributed by atoms with Crippen LogP contribution in [0.25, 0.3) is 0 Å². The molecule has 0 atom stereocenters. The average Bonchev–Trinajstić information content (AvgIpc) is 2.32. The van der Waals surface area contributed by atoms with E-state index in [4.69, 9.17) is 22.1 Å². The zero-order valence-electron chi connectivity index (χ0n) is 10.8. The number of rotatable bonds is 3. The van der Waals surface area contributed by atoms with Gasteiger partial charge in [-0.15, -0.1) is 0 Å². The van der Waals surface area contributed by atoms with Crippen molar-refractivity contribution in [2.45, 2.75) is 20.5 Å². The number of aryl methyl sites for hydroxylation is 2. The van der Waals surface area contributed by atoms with Crippen LogP contribution in [0, 0.1) is 19.7 Å². The maximum atomic E-state index is 13.2. The lowest BCUT2D eigenvalue weighted by Gasteiger charge is -2.10. The molecular formula is C15H15ClFNO. The molecule has 0 amide bonds. The molecule has 0 fully saturated rings. The molecule has 100 valence electrons. The van der Waals surface area contributed by atoms with Crippen LogP contribution in [0.3, 0.4) is 0 Å². The summed E-state index contributed by atoms with van der Waals surface area (Å²) < 4.78 is 18.8. The Bertz CT molecular complexity index is 570. The number of nitrogens with two attached hydrogens (primary N) is 1. The van der Waals surface area contributed by atoms with E-state index in [9.17, 15) is 4.39 Å². The van der Waals surface area contributed by atoms with Gasteiger partial charge < -0.3 is 10.5 Å². The first-order chi connectivity index (χ1) is 8.95. The van der Waals surface area contributed by atoms with Gasteiger partial charge in [0.15, 0.2) is 0 Å². The zero-order valence-corrected chi connectivity index (χ0v) is 11.6. The van der Waals surface area contributed by atoms with Crippen molar-refractivity contribution in [1.82, 2.24) is 0 Å². The maximum absolute atomic E-state index is 13.2. The Hall–Kier alpha value is -1.74. The van der Waals surface area contributed by atoms with Crippen LogP contribution in [0.15, 0.2) is 30.3 Å². The van der Waals surface area contributed by atoms with E-state index in [1.807, 2.05) is 26.0 Å². The van der Waals surface area contributed by atoms with Crippen LogP contribution < -0.4 is 10.5 Å². The molecule has 2 rings (SSSR count). The first-order valence-corrected chi connectivity index (χ1v) is 6.28. The van der Waals surface area contributed by atoms with Crippen LogP contribution in [-0.2, 0) is 6.61 Å². The largest absolute Gasteiger partial charge is 0.489 e. The van der Waals surface area contributed by atoms with Gasteiger partial charge in [-0.1, -0.05) is 11.6 Å². The minimum atomic E-state index is -0.359. The number of hydrogen-bond donors (Lipinski definition) is 1. The van der Waals surface area contributed by atoms with Crippen molar-refractivity contribution >= 4 is 17.3 Å².